The lowest BCUT2D eigenvalue weighted by Gasteiger charge is -2.06. The number of ether oxygens (including phenoxy) is 1. The molecular formula is C13H7F3O2. The largest absolute Gasteiger partial charge is 0.423 e. The summed E-state index contributed by atoms with van der Waals surface area (Å²) in [4.78, 5) is 11.5. The first-order valence-electron chi connectivity index (χ1n) is 4.99. The van der Waals surface area contributed by atoms with Crippen LogP contribution < -0.4 is 4.74 Å². The third kappa shape index (κ3) is 2.51. The van der Waals surface area contributed by atoms with E-state index in [1.807, 2.05) is 0 Å². The second-order valence-electron chi connectivity index (χ2n) is 3.45. The molecule has 0 unspecified atom stereocenters. The van der Waals surface area contributed by atoms with Crippen LogP contribution in [-0.4, -0.2) is 5.97 Å². The van der Waals surface area contributed by atoms with Gasteiger partial charge in [0.05, 0.1) is 0 Å². The van der Waals surface area contributed by atoms with E-state index in [2.05, 4.69) is 0 Å². The van der Waals surface area contributed by atoms with Gasteiger partial charge in [0.1, 0.15) is 28.8 Å². The maximum Gasteiger partial charge on any atom is 0.349 e. The van der Waals surface area contributed by atoms with E-state index in [-0.39, 0.29) is 5.75 Å². The summed E-state index contributed by atoms with van der Waals surface area (Å²) in [6, 6.07) is 8.64. The van der Waals surface area contributed by atoms with E-state index in [0.717, 1.165) is 0 Å². The van der Waals surface area contributed by atoms with Crippen molar-refractivity contribution >= 4 is 5.97 Å². The Bertz CT molecular complexity index is 559. The highest BCUT2D eigenvalue weighted by atomic mass is 19.1. The Kier molecular flexibility index (Phi) is 3.32. The summed E-state index contributed by atoms with van der Waals surface area (Å²) in [5, 5.41) is 0. The predicted octanol–water partition coefficient (Wildman–Crippen LogP) is 3.32. The molecule has 0 aliphatic carbocycles. The SMILES string of the molecule is O=C(Oc1ccccc1)c1c(F)cc(F)cc1F. The molecule has 0 fully saturated rings. The number of hydrogen-bond donors (Lipinski definition) is 0. The average Bonchev–Trinajstić information content (AvgIpc) is 2.28. The molecule has 0 aliphatic rings. The molecule has 0 saturated carbocycles. The number of carbonyl (C=O) groups excluding carboxylic acids is 1. The quantitative estimate of drug-likeness (QED) is 0.605. The van der Waals surface area contributed by atoms with Crippen LogP contribution in [0.1, 0.15) is 10.4 Å². The van der Waals surface area contributed by atoms with Crippen molar-refractivity contribution in [2.75, 3.05) is 0 Å². The van der Waals surface area contributed by atoms with Gasteiger partial charge in [0.25, 0.3) is 0 Å². The Labute approximate surface area is 101 Å². The third-order valence-electron chi connectivity index (χ3n) is 2.16. The molecule has 0 atom stereocenters. The molecule has 0 amide bonds. The van der Waals surface area contributed by atoms with Gasteiger partial charge < -0.3 is 4.74 Å². The fourth-order valence-electron chi connectivity index (χ4n) is 1.38. The first-order valence-corrected chi connectivity index (χ1v) is 4.99. The predicted molar refractivity (Wildman–Crippen MR) is 57.7 cm³/mol. The maximum atomic E-state index is 13.3. The van der Waals surface area contributed by atoms with E-state index in [4.69, 9.17) is 4.74 Å². The topological polar surface area (TPSA) is 26.3 Å². The summed E-state index contributed by atoms with van der Waals surface area (Å²) in [5.41, 5.74) is -0.916. The number of rotatable bonds is 2. The number of halogens is 3. The molecule has 92 valence electrons. The summed E-state index contributed by atoms with van der Waals surface area (Å²) in [6.45, 7) is 0. The second kappa shape index (κ2) is 4.91. The van der Waals surface area contributed by atoms with Crippen molar-refractivity contribution in [1.29, 1.82) is 0 Å². The number of benzene rings is 2. The molecule has 0 aromatic heterocycles. The highest BCUT2D eigenvalue weighted by Gasteiger charge is 2.20. The van der Waals surface area contributed by atoms with Gasteiger partial charge in [-0.1, -0.05) is 18.2 Å². The van der Waals surface area contributed by atoms with E-state index in [9.17, 15) is 18.0 Å². The molecule has 2 aromatic rings. The molecule has 2 nitrogen and oxygen atoms in total. The molecule has 5 heteroatoms. The van der Waals surface area contributed by atoms with Gasteiger partial charge in [-0.25, -0.2) is 18.0 Å². The van der Waals surface area contributed by atoms with Gasteiger partial charge in [-0.05, 0) is 12.1 Å². The number of hydrogen-bond acceptors (Lipinski definition) is 2. The minimum Gasteiger partial charge on any atom is -0.423 e. The van der Waals surface area contributed by atoms with E-state index >= 15 is 0 Å². The van der Waals surface area contributed by atoms with Gasteiger partial charge in [-0.3, -0.25) is 0 Å². The fraction of sp³-hybridized carbons (Fsp3) is 0. The van der Waals surface area contributed by atoms with Gasteiger partial charge in [-0.15, -0.1) is 0 Å². The van der Waals surface area contributed by atoms with Gasteiger partial charge in [0.2, 0.25) is 0 Å². The molecule has 0 aliphatic heterocycles. The zero-order valence-corrected chi connectivity index (χ0v) is 8.99. The van der Waals surface area contributed by atoms with Crippen LogP contribution in [0.2, 0.25) is 0 Å². The van der Waals surface area contributed by atoms with Crippen molar-refractivity contribution < 1.29 is 22.7 Å². The zero-order chi connectivity index (χ0) is 13.1. The molecule has 18 heavy (non-hydrogen) atoms. The molecule has 0 radical (unpaired) electrons. The standard InChI is InChI=1S/C13H7F3O2/c14-8-6-10(15)12(11(16)7-8)13(17)18-9-4-2-1-3-5-9/h1-7H. The minimum absolute atomic E-state index is 0.144. The second-order valence-corrected chi connectivity index (χ2v) is 3.45. The van der Waals surface area contributed by atoms with E-state index in [0.29, 0.717) is 12.1 Å². The van der Waals surface area contributed by atoms with Crippen LogP contribution in [0, 0.1) is 17.5 Å². The molecular weight excluding hydrogens is 245 g/mol. The van der Waals surface area contributed by atoms with E-state index in [1.54, 1.807) is 18.2 Å². The van der Waals surface area contributed by atoms with Crippen LogP contribution in [0.15, 0.2) is 42.5 Å². The Morgan fingerprint density at radius 2 is 1.50 bits per heavy atom. The third-order valence-corrected chi connectivity index (χ3v) is 2.16. The zero-order valence-electron chi connectivity index (χ0n) is 8.99. The maximum absolute atomic E-state index is 13.3. The van der Waals surface area contributed by atoms with Crippen LogP contribution in [0.4, 0.5) is 13.2 Å². The van der Waals surface area contributed by atoms with Gasteiger partial charge in [-0.2, -0.15) is 0 Å². The highest BCUT2D eigenvalue weighted by molar-refractivity contribution is 5.91. The molecule has 0 N–H and O–H groups in total. The van der Waals surface area contributed by atoms with Gasteiger partial charge in [0, 0.05) is 12.1 Å². The Hall–Kier alpha value is -2.30. The summed E-state index contributed by atoms with van der Waals surface area (Å²) < 4.78 is 44.0. The smallest absolute Gasteiger partial charge is 0.349 e. The first-order chi connectivity index (χ1) is 8.58. The lowest BCUT2D eigenvalue weighted by molar-refractivity contribution is 0.0724. The summed E-state index contributed by atoms with van der Waals surface area (Å²) in [5.74, 6) is -4.76. The number of para-hydroxylation sites is 1. The fourth-order valence-corrected chi connectivity index (χ4v) is 1.38. The van der Waals surface area contributed by atoms with Crippen molar-refractivity contribution in [2.24, 2.45) is 0 Å². The van der Waals surface area contributed by atoms with Crippen LogP contribution in [0.3, 0.4) is 0 Å². The summed E-state index contributed by atoms with van der Waals surface area (Å²) in [7, 11) is 0. The minimum atomic E-state index is -1.30. The lowest BCUT2D eigenvalue weighted by atomic mass is 10.2. The first kappa shape index (κ1) is 12.2. The summed E-state index contributed by atoms with van der Waals surface area (Å²) >= 11 is 0. The van der Waals surface area contributed by atoms with Crippen molar-refractivity contribution in [3.63, 3.8) is 0 Å². The van der Waals surface area contributed by atoms with Crippen molar-refractivity contribution in [1.82, 2.24) is 0 Å². The van der Waals surface area contributed by atoms with Crippen molar-refractivity contribution in [3.05, 3.63) is 65.5 Å². The van der Waals surface area contributed by atoms with E-state index in [1.165, 1.54) is 12.1 Å². The highest BCUT2D eigenvalue weighted by Crippen LogP contribution is 2.18. The van der Waals surface area contributed by atoms with Crippen LogP contribution in [-0.2, 0) is 0 Å². The Morgan fingerprint density at radius 3 is 2.06 bits per heavy atom. The van der Waals surface area contributed by atoms with Crippen molar-refractivity contribution in [2.45, 2.75) is 0 Å². The molecule has 0 spiro atoms. The van der Waals surface area contributed by atoms with Crippen molar-refractivity contribution in [3.8, 4) is 5.75 Å². The normalized spacial score (nSPS) is 10.2. The summed E-state index contributed by atoms with van der Waals surface area (Å²) in [6.07, 6.45) is 0. The Morgan fingerprint density at radius 1 is 0.944 bits per heavy atom. The number of carbonyl (C=O) groups is 1. The van der Waals surface area contributed by atoms with Crippen LogP contribution in [0.25, 0.3) is 0 Å². The molecule has 0 bridgehead atoms. The molecule has 2 rings (SSSR count). The average molecular weight is 252 g/mol. The van der Waals surface area contributed by atoms with Gasteiger partial charge in [0.15, 0.2) is 0 Å². The monoisotopic (exact) mass is 252 g/mol. The molecule has 0 heterocycles. The molecule has 2 aromatic carbocycles. The van der Waals surface area contributed by atoms with Gasteiger partial charge >= 0.3 is 5.97 Å². The number of esters is 1. The lowest BCUT2D eigenvalue weighted by Crippen LogP contribution is -2.13. The van der Waals surface area contributed by atoms with E-state index < -0.39 is 29.0 Å². The van der Waals surface area contributed by atoms with Crippen LogP contribution >= 0.6 is 0 Å². The van der Waals surface area contributed by atoms with Crippen LogP contribution in [0.5, 0.6) is 5.75 Å². The molecule has 0 saturated heterocycles. The Balaban J connectivity index is 2.30.